The van der Waals surface area contributed by atoms with Gasteiger partial charge in [-0.05, 0) is 89.9 Å². The van der Waals surface area contributed by atoms with Crippen LogP contribution < -0.4 is 11.1 Å². The molecular formula is C23H35N3O5. The molecule has 0 aromatic carbocycles. The Bertz CT molecular complexity index is 807. The number of aliphatic hydroxyl groups is 1. The second-order valence-corrected chi connectivity index (χ2v) is 12.1. The van der Waals surface area contributed by atoms with Crippen LogP contribution in [0.4, 0.5) is 4.79 Å². The monoisotopic (exact) mass is 433 g/mol. The highest BCUT2D eigenvalue weighted by Gasteiger charge is 2.64. The van der Waals surface area contributed by atoms with Gasteiger partial charge in [0.25, 0.3) is 0 Å². The summed E-state index contributed by atoms with van der Waals surface area (Å²) in [7, 11) is 0. The van der Waals surface area contributed by atoms with Gasteiger partial charge in [-0.2, -0.15) is 0 Å². The Kier molecular flexibility index (Phi) is 4.47. The van der Waals surface area contributed by atoms with Gasteiger partial charge in [0.2, 0.25) is 11.8 Å². The lowest BCUT2D eigenvalue weighted by atomic mass is 9.46. The van der Waals surface area contributed by atoms with E-state index < -0.39 is 40.7 Å². The molecule has 4 bridgehead atoms. The van der Waals surface area contributed by atoms with Crippen molar-refractivity contribution < 1.29 is 24.2 Å². The highest BCUT2D eigenvalue weighted by Crippen LogP contribution is 2.63. The standard InChI is InChI=1S/C23H35N3O5/c1-21(2,3)31-20(29)25-17(19(28)26-15-5-14(15)6-16(26)18(24)27)22-7-12-4-13(8-22)10-23(30,9-12)11-22/h12-17,30H,4-11H2,1-3H3,(H2,24,27)(H,25,29)/t12?,13?,14?,15?,16-,17+,22?,23?/m0/s1. The number of alkyl carbamates (subject to hydrolysis) is 1. The third kappa shape index (κ3) is 3.60. The average molecular weight is 434 g/mol. The molecule has 5 saturated carbocycles. The summed E-state index contributed by atoms with van der Waals surface area (Å²) < 4.78 is 5.51. The van der Waals surface area contributed by atoms with Crippen LogP contribution >= 0.6 is 0 Å². The number of likely N-dealkylation sites (tertiary alicyclic amines) is 1. The summed E-state index contributed by atoms with van der Waals surface area (Å²) >= 11 is 0. The van der Waals surface area contributed by atoms with E-state index in [9.17, 15) is 19.5 Å². The van der Waals surface area contributed by atoms with Gasteiger partial charge in [-0.3, -0.25) is 9.59 Å². The maximum Gasteiger partial charge on any atom is 0.408 e. The second kappa shape index (κ2) is 6.59. The number of amides is 3. The molecule has 0 radical (unpaired) electrons. The fraction of sp³-hybridized carbons (Fsp3) is 0.870. The van der Waals surface area contributed by atoms with Gasteiger partial charge in [0.15, 0.2) is 0 Å². The van der Waals surface area contributed by atoms with Crippen LogP contribution in [-0.2, 0) is 14.3 Å². The molecule has 6 aliphatic rings. The second-order valence-electron chi connectivity index (χ2n) is 12.1. The van der Waals surface area contributed by atoms with Gasteiger partial charge in [0.05, 0.1) is 5.60 Å². The molecule has 5 aliphatic carbocycles. The number of piperidine rings is 1. The van der Waals surface area contributed by atoms with Gasteiger partial charge in [-0.15, -0.1) is 0 Å². The average Bonchev–Trinajstić information content (AvgIpc) is 3.25. The molecule has 3 amide bonds. The first-order chi connectivity index (χ1) is 14.4. The summed E-state index contributed by atoms with van der Waals surface area (Å²) in [5, 5.41) is 14.1. The smallest absolute Gasteiger partial charge is 0.408 e. The zero-order chi connectivity index (χ0) is 22.3. The third-order valence-electron chi connectivity index (χ3n) is 8.28. The maximum absolute atomic E-state index is 14.0. The normalized spacial score (nSPS) is 43.4. The molecule has 1 heterocycles. The number of nitrogens with two attached hydrogens (primary N) is 1. The molecule has 0 spiro atoms. The molecule has 6 atom stereocenters. The minimum absolute atomic E-state index is 0.0323. The molecule has 31 heavy (non-hydrogen) atoms. The Morgan fingerprint density at radius 3 is 2.29 bits per heavy atom. The molecule has 8 nitrogen and oxygen atoms in total. The van der Waals surface area contributed by atoms with Crippen LogP contribution in [-0.4, -0.2) is 57.2 Å². The van der Waals surface area contributed by atoms with Crippen LogP contribution in [0.1, 0.15) is 72.1 Å². The molecule has 1 saturated heterocycles. The number of carbonyl (C=O) groups excluding carboxylic acids is 3. The van der Waals surface area contributed by atoms with Gasteiger partial charge in [-0.25, -0.2) is 4.79 Å². The minimum Gasteiger partial charge on any atom is -0.444 e. The quantitative estimate of drug-likeness (QED) is 0.623. The van der Waals surface area contributed by atoms with Crippen molar-refractivity contribution in [1.82, 2.24) is 10.2 Å². The summed E-state index contributed by atoms with van der Waals surface area (Å²) in [6.07, 6.45) is 5.61. The molecule has 6 rings (SSSR count). The molecule has 4 unspecified atom stereocenters. The topological polar surface area (TPSA) is 122 Å². The molecule has 8 heteroatoms. The van der Waals surface area contributed by atoms with Crippen LogP contribution in [0.25, 0.3) is 0 Å². The summed E-state index contributed by atoms with van der Waals surface area (Å²) in [6.45, 7) is 5.36. The highest BCUT2D eigenvalue weighted by atomic mass is 16.6. The molecule has 0 aromatic heterocycles. The maximum atomic E-state index is 14.0. The Morgan fingerprint density at radius 2 is 1.74 bits per heavy atom. The van der Waals surface area contributed by atoms with Crippen molar-refractivity contribution in [3.8, 4) is 0 Å². The molecule has 6 fully saturated rings. The lowest BCUT2D eigenvalue weighted by Crippen LogP contribution is -2.67. The molecular weight excluding hydrogens is 398 g/mol. The molecule has 1 aliphatic heterocycles. The van der Waals surface area contributed by atoms with Crippen molar-refractivity contribution in [2.45, 2.75) is 101 Å². The van der Waals surface area contributed by atoms with E-state index in [1.54, 1.807) is 25.7 Å². The zero-order valence-corrected chi connectivity index (χ0v) is 18.7. The van der Waals surface area contributed by atoms with Crippen LogP contribution in [0.2, 0.25) is 0 Å². The predicted molar refractivity (Wildman–Crippen MR) is 112 cm³/mol. The first-order valence-electron chi connectivity index (χ1n) is 11.7. The number of ether oxygens (including phenoxy) is 1. The Hall–Kier alpha value is -1.83. The SMILES string of the molecule is CC(C)(C)OC(=O)N[C@H](C(=O)N1C2CC2C[C@H]1C(N)=O)C12CC3CC(CC(O)(C3)C1)C2. The van der Waals surface area contributed by atoms with E-state index in [-0.39, 0.29) is 11.9 Å². The van der Waals surface area contributed by atoms with Crippen molar-refractivity contribution in [2.75, 3.05) is 0 Å². The lowest BCUT2D eigenvalue weighted by Gasteiger charge is -2.62. The van der Waals surface area contributed by atoms with Crippen LogP contribution in [0.5, 0.6) is 0 Å². The van der Waals surface area contributed by atoms with E-state index in [0.29, 0.717) is 30.6 Å². The number of primary amides is 1. The van der Waals surface area contributed by atoms with Crippen LogP contribution in [0.15, 0.2) is 0 Å². The number of hydrogen-bond donors (Lipinski definition) is 3. The van der Waals surface area contributed by atoms with Crippen molar-refractivity contribution in [3.63, 3.8) is 0 Å². The van der Waals surface area contributed by atoms with Crippen molar-refractivity contribution in [2.24, 2.45) is 28.9 Å². The largest absolute Gasteiger partial charge is 0.444 e. The van der Waals surface area contributed by atoms with Gasteiger partial charge < -0.3 is 25.8 Å². The van der Waals surface area contributed by atoms with E-state index >= 15 is 0 Å². The van der Waals surface area contributed by atoms with Gasteiger partial charge in [0.1, 0.15) is 17.7 Å². The molecule has 4 N–H and O–H groups in total. The summed E-state index contributed by atoms with van der Waals surface area (Å²) in [5.74, 6) is 0.331. The summed E-state index contributed by atoms with van der Waals surface area (Å²) in [4.78, 5) is 40.5. The van der Waals surface area contributed by atoms with Crippen molar-refractivity contribution in [3.05, 3.63) is 0 Å². The Morgan fingerprint density at radius 1 is 1.10 bits per heavy atom. The zero-order valence-electron chi connectivity index (χ0n) is 18.7. The van der Waals surface area contributed by atoms with Crippen LogP contribution in [0.3, 0.4) is 0 Å². The van der Waals surface area contributed by atoms with E-state index in [1.807, 2.05) is 0 Å². The summed E-state index contributed by atoms with van der Waals surface area (Å²) in [5.41, 5.74) is 3.66. The fourth-order valence-electron chi connectivity index (χ4n) is 7.70. The molecule has 172 valence electrons. The van der Waals surface area contributed by atoms with Crippen LogP contribution in [0, 0.1) is 23.2 Å². The lowest BCUT2D eigenvalue weighted by molar-refractivity contribution is -0.181. The number of carbonyl (C=O) groups is 3. The Balaban J connectivity index is 1.47. The van der Waals surface area contributed by atoms with Crippen molar-refractivity contribution in [1.29, 1.82) is 0 Å². The summed E-state index contributed by atoms with van der Waals surface area (Å²) in [6, 6.07) is -1.40. The molecule has 0 aromatic rings. The van der Waals surface area contributed by atoms with E-state index in [1.165, 1.54) is 0 Å². The van der Waals surface area contributed by atoms with E-state index in [2.05, 4.69) is 5.32 Å². The van der Waals surface area contributed by atoms with Crippen molar-refractivity contribution >= 4 is 17.9 Å². The first-order valence-corrected chi connectivity index (χ1v) is 11.7. The van der Waals surface area contributed by atoms with Gasteiger partial charge in [-0.1, -0.05) is 0 Å². The number of rotatable bonds is 4. The number of fused-ring (bicyclic) bond motifs is 1. The first kappa shape index (κ1) is 21.0. The number of nitrogens with one attached hydrogen (secondary N) is 1. The minimum atomic E-state index is -0.819. The number of nitrogens with zero attached hydrogens (tertiary/aromatic N) is 1. The highest BCUT2D eigenvalue weighted by molar-refractivity contribution is 5.92. The van der Waals surface area contributed by atoms with Gasteiger partial charge in [0, 0.05) is 11.5 Å². The number of hydrogen-bond acceptors (Lipinski definition) is 5. The third-order valence-corrected chi connectivity index (χ3v) is 8.28. The van der Waals surface area contributed by atoms with E-state index in [0.717, 1.165) is 38.5 Å². The fourth-order valence-corrected chi connectivity index (χ4v) is 7.70. The van der Waals surface area contributed by atoms with Gasteiger partial charge >= 0.3 is 6.09 Å². The Labute approximate surface area is 183 Å². The predicted octanol–water partition coefficient (Wildman–Crippen LogP) is 1.69. The van der Waals surface area contributed by atoms with E-state index in [4.69, 9.17) is 10.5 Å².